The second kappa shape index (κ2) is 8.14. The van der Waals surface area contributed by atoms with Crippen LogP contribution in [-0.4, -0.2) is 31.1 Å². The van der Waals surface area contributed by atoms with Gasteiger partial charge < -0.3 is 4.74 Å². The lowest BCUT2D eigenvalue weighted by Crippen LogP contribution is -2.33. The molecule has 0 unspecified atom stereocenters. The number of thiophene rings is 1. The van der Waals surface area contributed by atoms with E-state index in [1.165, 1.54) is 75.2 Å². The van der Waals surface area contributed by atoms with Gasteiger partial charge in [0, 0.05) is 27.1 Å². The Labute approximate surface area is 188 Å². The summed E-state index contributed by atoms with van der Waals surface area (Å²) in [7, 11) is 0. The Bertz CT molecular complexity index is 1210. The maximum absolute atomic E-state index is 6.08. The van der Waals surface area contributed by atoms with Crippen molar-refractivity contribution in [3.05, 3.63) is 88.3 Å². The van der Waals surface area contributed by atoms with Gasteiger partial charge in [0.25, 0.3) is 0 Å². The topological polar surface area (TPSA) is 12.5 Å². The molecule has 1 aromatic heterocycles. The van der Waals surface area contributed by atoms with Gasteiger partial charge in [-0.05, 0) is 72.8 Å². The Morgan fingerprint density at radius 1 is 0.935 bits per heavy atom. The highest BCUT2D eigenvalue weighted by molar-refractivity contribution is 7.20. The molecule has 156 valence electrons. The largest absolute Gasteiger partial charge is 0.492 e. The number of hydrogen-bond acceptors (Lipinski definition) is 3. The van der Waals surface area contributed by atoms with E-state index in [0.717, 1.165) is 25.3 Å². The minimum Gasteiger partial charge on any atom is -0.492 e. The summed E-state index contributed by atoms with van der Waals surface area (Å²) < 4.78 is 7.45. The molecular formula is C28H27NOS. The quantitative estimate of drug-likeness (QED) is 0.440. The third-order valence-corrected chi connectivity index (χ3v) is 7.91. The first-order chi connectivity index (χ1) is 15.4. The SMILES string of the molecule is C1=CCC2=C(c3ccc(OCCN4CCCCC4)cc3)c3c(sc4ccccc34)C2=C1. The molecule has 1 aliphatic heterocycles. The molecule has 1 fully saturated rings. The summed E-state index contributed by atoms with van der Waals surface area (Å²) in [6.07, 6.45) is 11.8. The maximum atomic E-state index is 6.08. The van der Waals surface area contributed by atoms with Crippen molar-refractivity contribution >= 4 is 32.6 Å². The fraction of sp³-hybridized carbons (Fsp3) is 0.286. The van der Waals surface area contributed by atoms with Crippen LogP contribution in [0.2, 0.25) is 0 Å². The summed E-state index contributed by atoms with van der Waals surface area (Å²) in [6, 6.07) is 17.6. The number of benzene rings is 2. The van der Waals surface area contributed by atoms with Crippen molar-refractivity contribution in [2.45, 2.75) is 25.7 Å². The molecule has 2 heterocycles. The van der Waals surface area contributed by atoms with Gasteiger partial charge in [-0.25, -0.2) is 0 Å². The Hall–Kier alpha value is -2.62. The molecule has 1 saturated heterocycles. The van der Waals surface area contributed by atoms with Crippen LogP contribution >= 0.6 is 11.3 Å². The van der Waals surface area contributed by atoms with Crippen LogP contribution < -0.4 is 4.74 Å². The predicted molar refractivity (Wildman–Crippen MR) is 132 cm³/mol. The van der Waals surface area contributed by atoms with E-state index >= 15 is 0 Å². The van der Waals surface area contributed by atoms with Crippen LogP contribution in [0.25, 0.3) is 21.2 Å². The Morgan fingerprint density at radius 3 is 2.65 bits per heavy atom. The van der Waals surface area contributed by atoms with E-state index in [1.807, 2.05) is 11.3 Å². The van der Waals surface area contributed by atoms with E-state index in [2.05, 4.69) is 71.7 Å². The molecule has 2 aliphatic carbocycles. The van der Waals surface area contributed by atoms with Gasteiger partial charge in [-0.3, -0.25) is 4.90 Å². The van der Waals surface area contributed by atoms with Gasteiger partial charge in [0.2, 0.25) is 0 Å². The Morgan fingerprint density at radius 2 is 1.77 bits per heavy atom. The third-order valence-electron chi connectivity index (χ3n) is 6.71. The first kappa shape index (κ1) is 19.1. The highest BCUT2D eigenvalue weighted by Crippen LogP contribution is 2.53. The molecule has 3 aliphatic rings. The number of likely N-dealkylation sites (tertiary alicyclic amines) is 1. The van der Waals surface area contributed by atoms with Crippen LogP contribution in [0.4, 0.5) is 0 Å². The summed E-state index contributed by atoms with van der Waals surface area (Å²) in [5.74, 6) is 0.971. The first-order valence-electron chi connectivity index (χ1n) is 11.5. The number of allylic oxidation sites excluding steroid dienone is 5. The fourth-order valence-electron chi connectivity index (χ4n) is 5.16. The monoisotopic (exact) mass is 425 g/mol. The summed E-state index contributed by atoms with van der Waals surface area (Å²) in [6.45, 7) is 4.24. The molecule has 0 spiro atoms. The van der Waals surface area contributed by atoms with Crippen LogP contribution in [-0.2, 0) is 0 Å². The van der Waals surface area contributed by atoms with E-state index in [1.54, 1.807) is 0 Å². The van der Waals surface area contributed by atoms with Crippen molar-refractivity contribution < 1.29 is 4.74 Å². The first-order valence-corrected chi connectivity index (χ1v) is 12.3. The number of piperidine rings is 1. The lowest BCUT2D eigenvalue weighted by Gasteiger charge is -2.26. The van der Waals surface area contributed by atoms with Gasteiger partial charge in [-0.15, -0.1) is 11.3 Å². The van der Waals surface area contributed by atoms with Crippen molar-refractivity contribution in [1.29, 1.82) is 0 Å². The highest BCUT2D eigenvalue weighted by atomic mass is 32.1. The van der Waals surface area contributed by atoms with Crippen LogP contribution in [0.3, 0.4) is 0 Å². The Balaban J connectivity index is 1.28. The number of ether oxygens (including phenoxy) is 1. The maximum Gasteiger partial charge on any atom is 0.119 e. The van der Waals surface area contributed by atoms with E-state index < -0.39 is 0 Å². The van der Waals surface area contributed by atoms with Gasteiger partial charge in [0.05, 0.1) is 0 Å². The second-order valence-corrected chi connectivity index (χ2v) is 9.70. The van der Waals surface area contributed by atoms with Crippen molar-refractivity contribution in [3.63, 3.8) is 0 Å². The van der Waals surface area contributed by atoms with Gasteiger partial charge >= 0.3 is 0 Å². The van der Waals surface area contributed by atoms with Gasteiger partial charge in [0.15, 0.2) is 0 Å². The van der Waals surface area contributed by atoms with E-state index in [0.29, 0.717) is 0 Å². The molecule has 0 amide bonds. The molecule has 3 aromatic rings. The summed E-state index contributed by atoms with van der Waals surface area (Å²) in [5.41, 5.74) is 7.00. The highest BCUT2D eigenvalue weighted by Gasteiger charge is 2.31. The molecule has 0 N–H and O–H groups in total. The standard InChI is InChI=1S/C28H27NOS/c1-6-16-29(17-7-1)18-19-30-21-14-12-20(13-15-21)26-22-8-2-3-9-23(22)28-27(26)24-10-4-5-11-25(24)31-28/h2-5,9-15H,1,6-8,16-19H2. The smallest absolute Gasteiger partial charge is 0.119 e. The third kappa shape index (κ3) is 3.46. The molecule has 2 nitrogen and oxygen atoms in total. The molecule has 3 heteroatoms. The van der Waals surface area contributed by atoms with Crippen molar-refractivity contribution in [1.82, 2.24) is 4.90 Å². The lowest BCUT2D eigenvalue weighted by molar-refractivity contribution is 0.183. The minimum atomic E-state index is 0.768. The zero-order chi connectivity index (χ0) is 20.6. The van der Waals surface area contributed by atoms with Crippen LogP contribution in [0, 0.1) is 0 Å². The van der Waals surface area contributed by atoms with E-state index in [-0.39, 0.29) is 0 Å². The van der Waals surface area contributed by atoms with Gasteiger partial charge in [-0.2, -0.15) is 0 Å². The number of fused-ring (bicyclic) bond motifs is 5. The molecule has 6 rings (SSSR count). The van der Waals surface area contributed by atoms with E-state index in [4.69, 9.17) is 4.74 Å². The second-order valence-electron chi connectivity index (χ2n) is 8.64. The molecular weight excluding hydrogens is 398 g/mol. The van der Waals surface area contributed by atoms with Crippen molar-refractivity contribution in [2.24, 2.45) is 0 Å². The average molecular weight is 426 g/mol. The molecule has 0 atom stereocenters. The van der Waals surface area contributed by atoms with Gasteiger partial charge in [-0.1, -0.05) is 55.0 Å². The zero-order valence-electron chi connectivity index (χ0n) is 17.8. The molecule has 0 saturated carbocycles. The lowest BCUT2D eigenvalue weighted by atomic mass is 9.93. The minimum absolute atomic E-state index is 0.768. The van der Waals surface area contributed by atoms with Crippen molar-refractivity contribution in [2.75, 3.05) is 26.2 Å². The Kier molecular flexibility index (Phi) is 5.01. The van der Waals surface area contributed by atoms with Crippen molar-refractivity contribution in [3.8, 4) is 5.75 Å². The van der Waals surface area contributed by atoms with Crippen LogP contribution in [0.5, 0.6) is 5.75 Å². The number of nitrogens with zero attached hydrogens (tertiary/aromatic N) is 1. The van der Waals surface area contributed by atoms with Gasteiger partial charge in [0.1, 0.15) is 12.4 Å². The average Bonchev–Trinajstić information content (AvgIpc) is 3.35. The number of hydrogen-bond donors (Lipinski definition) is 0. The zero-order valence-corrected chi connectivity index (χ0v) is 18.6. The van der Waals surface area contributed by atoms with Crippen LogP contribution in [0.1, 0.15) is 41.7 Å². The summed E-state index contributed by atoms with van der Waals surface area (Å²) >= 11 is 1.93. The molecule has 0 radical (unpaired) electrons. The predicted octanol–water partition coefficient (Wildman–Crippen LogP) is 6.92. The molecule has 31 heavy (non-hydrogen) atoms. The van der Waals surface area contributed by atoms with Crippen LogP contribution in [0.15, 0.2) is 72.3 Å². The molecule has 2 aromatic carbocycles. The summed E-state index contributed by atoms with van der Waals surface area (Å²) in [5, 5.41) is 1.38. The summed E-state index contributed by atoms with van der Waals surface area (Å²) in [4.78, 5) is 3.95. The molecule has 0 bridgehead atoms. The number of rotatable bonds is 5. The normalized spacial score (nSPS) is 18.3. The van der Waals surface area contributed by atoms with E-state index in [9.17, 15) is 0 Å². The fourth-order valence-corrected chi connectivity index (χ4v) is 6.42.